The Morgan fingerprint density at radius 1 is 1.21 bits per heavy atom. The molecule has 5 nitrogen and oxygen atoms in total. The number of hydrogen-bond donors (Lipinski definition) is 1. The summed E-state index contributed by atoms with van der Waals surface area (Å²) in [5, 5.41) is 3.98. The van der Waals surface area contributed by atoms with E-state index in [2.05, 4.69) is 10.5 Å². The van der Waals surface area contributed by atoms with E-state index in [4.69, 9.17) is 9.47 Å². The van der Waals surface area contributed by atoms with E-state index in [0.717, 1.165) is 22.8 Å². The first kappa shape index (κ1) is 16.4. The van der Waals surface area contributed by atoms with Crippen LogP contribution in [0.5, 0.6) is 11.5 Å². The first-order valence-corrected chi connectivity index (χ1v) is 8.72. The maximum Gasteiger partial charge on any atom is 0.271 e. The van der Waals surface area contributed by atoms with Crippen LogP contribution in [0.1, 0.15) is 15.9 Å². The Hall–Kier alpha value is -2.47. The van der Waals surface area contributed by atoms with Crippen LogP contribution in [0.2, 0.25) is 0 Å². The van der Waals surface area contributed by atoms with Crippen LogP contribution in [-0.4, -0.2) is 36.8 Å². The predicted molar refractivity (Wildman–Crippen MR) is 96.2 cm³/mol. The van der Waals surface area contributed by atoms with Crippen molar-refractivity contribution in [3.8, 4) is 11.5 Å². The number of carbonyl (C=O) groups excluding carboxylic acids is 1. The number of amides is 1. The van der Waals surface area contributed by atoms with Gasteiger partial charge in [0.15, 0.2) is 0 Å². The van der Waals surface area contributed by atoms with Crippen molar-refractivity contribution in [3.05, 3.63) is 59.7 Å². The molecule has 0 aliphatic carbocycles. The van der Waals surface area contributed by atoms with Crippen LogP contribution in [0.15, 0.2) is 53.6 Å². The second-order valence-corrected chi connectivity index (χ2v) is 6.35. The molecular formula is C18H18N2O3S. The molecule has 0 bridgehead atoms. The maximum atomic E-state index is 12.0. The van der Waals surface area contributed by atoms with Gasteiger partial charge in [0.05, 0.1) is 13.3 Å². The summed E-state index contributed by atoms with van der Waals surface area (Å²) >= 11 is 1.89. The van der Waals surface area contributed by atoms with Crippen LogP contribution in [0.4, 0.5) is 0 Å². The highest BCUT2D eigenvalue weighted by Gasteiger charge is 2.19. The third kappa shape index (κ3) is 4.29. The number of rotatable bonds is 6. The fourth-order valence-electron chi connectivity index (χ4n) is 2.10. The van der Waals surface area contributed by atoms with E-state index < -0.39 is 0 Å². The molecule has 1 amide bonds. The number of methoxy groups -OCH3 is 1. The van der Waals surface area contributed by atoms with Gasteiger partial charge in [0.1, 0.15) is 17.6 Å². The van der Waals surface area contributed by atoms with Gasteiger partial charge < -0.3 is 9.47 Å². The Bertz CT molecular complexity index is 727. The van der Waals surface area contributed by atoms with E-state index in [0.29, 0.717) is 17.4 Å². The van der Waals surface area contributed by atoms with Gasteiger partial charge in [-0.2, -0.15) is 16.9 Å². The van der Waals surface area contributed by atoms with Crippen LogP contribution < -0.4 is 14.9 Å². The Labute approximate surface area is 145 Å². The van der Waals surface area contributed by atoms with Crippen LogP contribution in [0.25, 0.3) is 0 Å². The van der Waals surface area contributed by atoms with Crippen LogP contribution in [0.3, 0.4) is 0 Å². The van der Waals surface area contributed by atoms with Crippen molar-refractivity contribution < 1.29 is 14.3 Å². The topological polar surface area (TPSA) is 59.9 Å². The third-order valence-corrected chi connectivity index (χ3v) is 4.72. The van der Waals surface area contributed by atoms with E-state index in [9.17, 15) is 4.79 Å². The zero-order chi connectivity index (χ0) is 16.8. The molecule has 24 heavy (non-hydrogen) atoms. The lowest BCUT2D eigenvalue weighted by molar-refractivity contribution is 0.0955. The average molecular weight is 342 g/mol. The fourth-order valence-corrected chi connectivity index (χ4v) is 2.67. The molecule has 0 unspecified atom stereocenters. The maximum absolute atomic E-state index is 12.0. The van der Waals surface area contributed by atoms with Gasteiger partial charge in [0.2, 0.25) is 0 Å². The summed E-state index contributed by atoms with van der Waals surface area (Å²) in [5.74, 6) is 3.32. The number of nitrogens with one attached hydrogen (secondary N) is 1. The van der Waals surface area contributed by atoms with E-state index in [1.165, 1.54) is 0 Å². The molecular weight excluding hydrogens is 324 g/mol. The second kappa shape index (κ2) is 7.88. The fraction of sp³-hybridized carbons (Fsp3) is 0.222. The zero-order valence-corrected chi connectivity index (χ0v) is 14.1. The van der Waals surface area contributed by atoms with Crippen LogP contribution >= 0.6 is 11.8 Å². The first-order chi connectivity index (χ1) is 11.7. The number of benzene rings is 2. The highest BCUT2D eigenvalue weighted by atomic mass is 32.2. The number of hydrazone groups is 1. The summed E-state index contributed by atoms with van der Waals surface area (Å²) < 4.78 is 10.9. The minimum atomic E-state index is -0.285. The molecule has 0 saturated carbocycles. The average Bonchev–Trinajstić information content (AvgIpc) is 2.59. The van der Waals surface area contributed by atoms with Crippen LogP contribution in [0, 0.1) is 0 Å². The standard InChI is InChI=1S/C18H18N2O3S/c1-22-16-4-2-3-14(9-16)18(21)20-19-10-13-5-7-15(8-6-13)23-17-11-24-12-17/h2-10,17H,11-12H2,1H3,(H,20,21). The molecule has 1 heterocycles. The molecule has 2 aromatic carbocycles. The smallest absolute Gasteiger partial charge is 0.271 e. The summed E-state index contributed by atoms with van der Waals surface area (Å²) in [4.78, 5) is 12.0. The van der Waals surface area contributed by atoms with Gasteiger partial charge in [-0.15, -0.1) is 0 Å². The number of ether oxygens (including phenoxy) is 2. The van der Waals surface area contributed by atoms with Crippen LogP contribution in [-0.2, 0) is 0 Å². The van der Waals surface area contributed by atoms with Gasteiger partial charge in [-0.25, -0.2) is 5.43 Å². The molecule has 2 aromatic rings. The van der Waals surface area contributed by atoms with Gasteiger partial charge in [0.25, 0.3) is 5.91 Å². The lowest BCUT2D eigenvalue weighted by atomic mass is 10.2. The van der Waals surface area contributed by atoms with E-state index in [1.54, 1.807) is 37.6 Å². The van der Waals surface area contributed by atoms with Gasteiger partial charge >= 0.3 is 0 Å². The summed E-state index contributed by atoms with van der Waals surface area (Å²) in [5.41, 5.74) is 3.88. The van der Waals surface area contributed by atoms with Crippen molar-refractivity contribution in [3.63, 3.8) is 0 Å². The minimum Gasteiger partial charge on any atom is -0.497 e. The molecule has 0 radical (unpaired) electrons. The molecule has 1 saturated heterocycles. The predicted octanol–water partition coefficient (Wildman–Crippen LogP) is 2.95. The molecule has 1 N–H and O–H groups in total. The van der Waals surface area contributed by atoms with Crippen molar-refractivity contribution in [1.29, 1.82) is 0 Å². The number of carbonyl (C=O) groups is 1. The largest absolute Gasteiger partial charge is 0.497 e. The summed E-state index contributed by atoms with van der Waals surface area (Å²) in [6.45, 7) is 0. The van der Waals surface area contributed by atoms with Crippen molar-refractivity contribution in [2.45, 2.75) is 6.10 Å². The molecule has 124 valence electrons. The quantitative estimate of drug-likeness (QED) is 0.648. The highest BCUT2D eigenvalue weighted by molar-refractivity contribution is 8.00. The van der Waals surface area contributed by atoms with Crippen molar-refractivity contribution in [2.24, 2.45) is 5.10 Å². The first-order valence-electron chi connectivity index (χ1n) is 7.56. The Morgan fingerprint density at radius 3 is 2.67 bits per heavy atom. The van der Waals surface area contributed by atoms with E-state index >= 15 is 0 Å². The molecule has 1 aliphatic rings. The summed E-state index contributed by atoms with van der Waals surface area (Å²) in [6, 6.07) is 14.5. The number of hydrogen-bond acceptors (Lipinski definition) is 5. The number of thioether (sulfide) groups is 1. The monoisotopic (exact) mass is 342 g/mol. The van der Waals surface area contributed by atoms with Gasteiger partial charge in [-0.3, -0.25) is 4.79 Å². The zero-order valence-electron chi connectivity index (χ0n) is 13.3. The Morgan fingerprint density at radius 2 is 2.00 bits per heavy atom. The SMILES string of the molecule is COc1cccc(C(=O)NN=Cc2ccc(OC3CSC3)cc2)c1. The summed E-state index contributed by atoms with van der Waals surface area (Å²) in [7, 11) is 1.56. The molecule has 6 heteroatoms. The van der Waals surface area contributed by atoms with Gasteiger partial charge in [-0.1, -0.05) is 6.07 Å². The Balaban J connectivity index is 1.54. The second-order valence-electron chi connectivity index (χ2n) is 5.28. The highest BCUT2D eigenvalue weighted by Crippen LogP contribution is 2.23. The van der Waals surface area contributed by atoms with Crippen molar-refractivity contribution >= 4 is 23.9 Å². The number of nitrogens with zero attached hydrogens (tertiary/aromatic N) is 1. The van der Waals surface area contributed by atoms with Crippen molar-refractivity contribution in [2.75, 3.05) is 18.6 Å². The lowest BCUT2D eigenvalue weighted by Gasteiger charge is -2.25. The normalized spacial score (nSPS) is 14.2. The van der Waals surface area contributed by atoms with Crippen molar-refractivity contribution in [1.82, 2.24) is 5.43 Å². The minimum absolute atomic E-state index is 0.285. The Kier molecular flexibility index (Phi) is 5.38. The summed E-state index contributed by atoms with van der Waals surface area (Å²) in [6.07, 6.45) is 1.93. The third-order valence-electron chi connectivity index (χ3n) is 3.50. The molecule has 3 rings (SSSR count). The van der Waals surface area contributed by atoms with Gasteiger partial charge in [-0.05, 0) is 48.0 Å². The van der Waals surface area contributed by atoms with E-state index in [-0.39, 0.29) is 5.91 Å². The van der Waals surface area contributed by atoms with Gasteiger partial charge in [0, 0.05) is 17.1 Å². The lowest BCUT2D eigenvalue weighted by Crippen LogP contribution is -2.30. The molecule has 0 spiro atoms. The molecule has 0 atom stereocenters. The van der Waals surface area contributed by atoms with E-state index in [1.807, 2.05) is 36.0 Å². The molecule has 1 aliphatic heterocycles. The molecule has 0 aromatic heterocycles. The molecule has 1 fully saturated rings.